The van der Waals surface area contributed by atoms with Crippen LogP contribution >= 0.6 is 11.6 Å². The number of halogens is 1. The highest BCUT2D eigenvalue weighted by molar-refractivity contribution is 6.29. The molecule has 0 bridgehead atoms. The molecule has 0 spiro atoms. The number of pyridine rings is 1. The predicted molar refractivity (Wildman–Crippen MR) is 81.4 cm³/mol. The summed E-state index contributed by atoms with van der Waals surface area (Å²) < 4.78 is 5.88. The second kappa shape index (κ2) is 4.98. The number of hydrogen-bond donors (Lipinski definition) is 1. The van der Waals surface area contributed by atoms with Crippen molar-refractivity contribution in [3.05, 3.63) is 52.8 Å². The van der Waals surface area contributed by atoms with Gasteiger partial charge in [0.1, 0.15) is 16.5 Å². The lowest BCUT2D eigenvalue weighted by atomic mass is 10.0. The summed E-state index contributed by atoms with van der Waals surface area (Å²) in [6, 6.07) is 10.1. The number of rotatable bonds is 3. The van der Waals surface area contributed by atoms with E-state index in [1.807, 2.05) is 6.07 Å². The molecule has 0 aliphatic carbocycles. The molecule has 0 atom stereocenters. The first-order valence-electron chi connectivity index (χ1n) is 6.68. The first kappa shape index (κ1) is 13.3. The zero-order valence-electron chi connectivity index (χ0n) is 11.6. The molecule has 0 unspecified atom stereocenters. The maximum atomic E-state index is 5.88. The third kappa shape index (κ3) is 2.88. The number of nitrogens with zero attached hydrogens (tertiary/aromatic N) is 1. The summed E-state index contributed by atoms with van der Waals surface area (Å²) in [6.07, 6.45) is 2.70. The van der Waals surface area contributed by atoms with E-state index < -0.39 is 0 Å². The molecule has 1 N–H and O–H groups in total. The van der Waals surface area contributed by atoms with Crippen molar-refractivity contribution in [2.24, 2.45) is 0 Å². The fourth-order valence-electron chi connectivity index (χ4n) is 2.46. The van der Waals surface area contributed by atoms with Crippen molar-refractivity contribution >= 4 is 17.3 Å². The second-order valence-corrected chi connectivity index (χ2v) is 6.09. The van der Waals surface area contributed by atoms with Crippen LogP contribution in [0.15, 0.2) is 36.5 Å². The fraction of sp³-hybridized carbons (Fsp3) is 0.312. The van der Waals surface area contributed by atoms with Gasteiger partial charge in [-0.2, -0.15) is 0 Å². The molecule has 3 nitrogen and oxygen atoms in total. The Morgan fingerprint density at radius 2 is 2.15 bits per heavy atom. The lowest BCUT2D eigenvalue weighted by molar-refractivity contribution is 0.138. The topological polar surface area (TPSA) is 34.2 Å². The summed E-state index contributed by atoms with van der Waals surface area (Å²) in [5, 5.41) is 3.85. The van der Waals surface area contributed by atoms with Crippen molar-refractivity contribution in [1.82, 2.24) is 4.98 Å². The number of aromatic nitrogens is 1. The Balaban J connectivity index is 1.69. The molecule has 4 heteroatoms. The highest BCUT2D eigenvalue weighted by atomic mass is 35.5. The molecule has 20 heavy (non-hydrogen) atoms. The Hall–Kier alpha value is -1.74. The van der Waals surface area contributed by atoms with E-state index >= 15 is 0 Å². The van der Waals surface area contributed by atoms with Gasteiger partial charge in [-0.15, -0.1) is 0 Å². The molecule has 1 aromatic carbocycles. The maximum absolute atomic E-state index is 5.88. The molecule has 2 aromatic rings. The van der Waals surface area contributed by atoms with Gasteiger partial charge in [0.05, 0.1) is 11.9 Å². The van der Waals surface area contributed by atoms with Gasteiger partial charge in [-0.05, 0) is 43.2 Å². The number of nitrogens with one attached hydrogen (secondary N) is 1. The molecule has 104 valence electrons. The average Bonchev–Trinajstić information content (AvgIpc) is 2.71. The smallest absolute Gasteiger partial charge is 0.129 e. The normalized spacial score (nSPS) is 15.6. The molecule has 1 aliphatic heterocycles. The molecule has 1 aromatic heterocycles. The van der Waals surface area contributed by atoms with Crippen molar-refractivity contribution in [2.45, 2.75) is 32.4 Å². The van der Waals surface area contributed by atoms with Gasteiger partial charge < -0.3 is 10.1 Å². The summed E-state index contributed by atoms with van der Waals surface area (Å²) in [7, 11) is 0. The molecule has 0 fully saturated rings. The van der Waals surface area contributed by atoms with Crippen LogP contribution < -0.4 is 10.1 Å². The first-order valence-corrected chi connectivity index (χ1v) is 7.06. The van der Waals surface area contributed by atoms with Gasteiger partial charge in [0.2, 0.25) is 0 Å². The molecular weight excluding hydrogens is 272 g/mol. The zero-order chi connectivity index (χ0) is 14.2. The molecule has 0 saturated heterocycles. The minimum Gasteiger partial charge on any atom is -0.487 e. The Morgan fingerprint density at radius 1 is 1.30 bits per heavy atom. The maximum Gasteiger partial charge on any atom is 0.129 e. The van der Waals surface area contributed by atoms with E-state index in [4.69, 9.17) is 16.3 Å². The largest absolute Gasteiger partial charge is 0.487 e. The number of fused-ring (bicyclic) bond motifs is 1. The summed E-state index contributed by atoms with van der Waals surface area (Å²) in [4.78, 5) is 4.05. The van der Waals surface area contributed by atoms with Crippen LogP contribution in [0, 0.1) is 0 Å². The quantitative estimate of drug-likeness (QED) is 0.865. The molecule has 1 aliphatic rings. The van der Waals surface area contributed by atoms with Crippen LogP contribution in [0.3, 0.4) is 0 Å². The van der Waals surface area contributed by atoms with Crippen molar-refractivity contribution in [1.29, 1.82) is 0 Å². The van der Waals surface area contributed by atoms with Crippen LogP contribution in [-0.2, 0) is 13.0 Å². The Kier molecular flexibility index (Phi) is 3.30. The van der Waals surface area contributed by atoms with Gasteiger partial charge in [-0.25, -0.2) is 4.98 Å². The van der Waals surface area contributed by atoms with Crippen LogP contribution in [0.1, 0.15) is 25.0 Å². The van der Waals surface area contributed by atoms with Gasteiger partial charge in [0.15, 0.2) is 0 Å². The molecule has 2 heterocycles. The van der Waals surface area contributed by atoms with Crippen molar-refractivity contribution < 1.29 is 4.74 Å². The van der Waals surface area contributed by atoms with Gasteiger partial charge in [0.25, 0.3) is 0 Å². The van der Waals surface area contributed by atoms with E-state index in [1.54, 1.807) is 12.3 Å². The molecule has 0 saturated carbocycles. The number of anilines is 1. The van der Waals surface area contributed by atoms with Crippen molar-refractivity contribution in [3.8, 4) is 5.75 Å². The fourth-order valence-corrected chi connectivity index (χ4v) is 2.57. The lowest BCUT2D eigenvalue weighted by Gasteiger charge is -2.16. The highest BCUT2D eigenvalue weighted by Crippen LogP contribution is 2.35. The molecule has 0 amide bonds. The Morgan fingerprint density at radius 3 is 2.90 bits per heavy atom. The summed E-state index contributed by atoms with van der Waals surface area (Å²) in [6.45, 7) is 4.99. The third-order valence-electron chi connectivity index (χ3n) is 3.35. The Bertz CT molecular complexity index is 623. The van der Waals surface area contributed by atoms with Crippen molar-refractivity contribution in [3.63, 3.8) is 0 Å². The van der Waals surface area contributed by atoms with E-state index in [2.05, 4.69) is 42.3 Å². The van der Waals surface area contributed by atoms with E-state index in [0.717, 1.165) is 24.4 Å². The minimum absolute atomic E-state index is 0.0888. The standard InChI is InChI=1S/C16H17ClN2O/c1-16(2)8-12-7-11(3-5-14(12)20-16)9-18-13-4-6-15(17)19-10-13/h3-7,10,18H,8-9H2,1-2H3. The van der Waals surface area contributed by atoms with Crippen LogP contribution in [0.2, 0.25) is 5.15 Å². The monoisotopic (exact) mass is 288 g/mol. The second-order valence-electron chi connectivity index (χ2n) is 5.70. The minimum atomic E-state index is -0.0888. The van der Waals surface area contributed by atoms with E-state index in [-0.39, 0.29) is 5.60 Å². The van der Waals surface area contributed by atoms with Gasteiger partial charge >= 0.3 is 0 Å². The molecule has 3 rings (SSSR count). The average molecular weight is 289 g/mol. The van der Waals surface area contributed by atoms with Crippen LogP contribution in [0.25, 0.3) is 0 Å². The SMILES string of the molecule is CC1(C)Cc2cc(CNc3ccc(Cl)nc3)ccc2O1. The third-order valence-corrected chi connectivity index (χ3v) is 3.57. The number of ether oxygens (including phenoxy) is 1. The van der Waals surface area contributed by atoms with Crippen LogP contribution in [0.5, 0.6) is 5.75 Å². The highest BCUT2D eigenvalue weighted by Gasteiger charge is 2.29. The van der Waals surface area contributed by atoms with Crippen LogP contribution in [-0.4, -0.2) is 10.6 Å². The van der Waals surface area contributed by atoms with Gasteiger partial charge in [-0.3, -0.25) is 0 Å². The Labute approximate surface area is 123 Å². The van der Waals surface area contributed by atoms with Crippen LogP contribution in [0.4, 0.5) is 5.69 Å². The zero-order valence-corrected chi connectivity index (χ0v) is 12.4. The summed E-state index contributed by atoms with van der Waals surface area (Å²) >= 11 is 5.77. The summed E-state index contributed by atoms with van der Waals surface area (Å²) in [5.41, 5.74) is 3.39. The predicted octanol–water partition coefficient (Wildman–Crippen LogP) is 4.06. The van der Waals surface area contributed by atoms with E-state index in [9.17, 15) is 0 Å². The van der Waals surface area contributed by atoms with E-state index in [0.29, 0.717) is 5.15 Å². The van der Waals surface area contributed by atoms with E-state index in [1.165, 1.54) is 11.1 Å². The van der Waals surface area contributed by atoms with Crippen molar-refractivity contribution in [2.75, 3.05) is 5.32 Å². The lowest BCUT2D eigenvalue weighted by Crippen LogP contribution is -2.24. The van der Waals surface area contributed by atoms with Gasteiger partial charge in [-0.1, -0.05) is 23.7 Å². The molecule has 0 radical (unpaired) electrons. The number of hydrogen-bond acceptors (Lipinski definition) is 3. The van der Waals surface area contributed by atoms with Gasteiger partial charge in [0, 0.05) is 13.0 Å². The summed E-state index contributed by atoms with van der Waals surface area (Å²) in [5.74, 6) is 1.01. The molecular formula is C16H17ClN2O. The number of benzene rings is 1. The first-order chi connectivity index (χ1) is 9.52.